The molecule has 90 valence electrons. The van der Waals surface area contributed by atoms with Crippen LogP contribution in [0.1, 0.15) is 52.9 Å². The Labute approximate surface area is 93.5 Å². The summed E-state index contributed by atoms with van der Waals surface area (Å²) >= 11 is 0. The number of carboxylic acid groups (broad SMARTS) is 1. The van der Waals surface area contributed by atoms with Crippen molar-refractivity contribution in [3.63, 3.8) is 0 Å². The molecule has 0 aromatic rings. The van der Waals surface area contributed by atoms with Gasteiger partial charge in [0.1, 0.15) is 0 Å². The number of aliphatic carboxylic acids is 1. The molecule has 1 fully saturated rings. The van der Waals surface area contributed by atoms with Crippen LogP contribution >= 0.6 is 0 Å². The van der Waals surface area contributed by atoms with Crippen molar-refractivity contribution in [1.29, 1.82) is 0 Å². The fourth-order valence-electron chi connectivity index (χ4n) is 2.08. The number of hydrogen-bond acceptors (Lipinski definition) is 2. The first-order valence-electron chi connectivity index (χ1n) is 6.05. The summed E-state index contributed by atoms with van der Waals surface area (Å²) in [5.41, 5.74) is 0. The quantitative estimate of drug-likeness (QED) is 0.784. The van der Waals surface area contributed by atoms with E-state index in [1.807, 2.05) is 0 Å². The van der Waals surface area contributed by atoms with E-state index < -0.39 is 5.97 Å². The Hall–Kier alpha value is -0.570. The van der Waals surface area contributed by atoms with Crippen molar-refractivity contribution >= 4 is 5.97 Å². The third kappa shape index (κ3) is 7.37. The van der Waals surface area contributed by atoms with Crippen molar-refractivity contribution in [1.82, 2.24) is 4.90 Å². The zero-order chi connectivity index (χ0) is 11.7. The number of nitrogens with zero attached hydrogens (tertiary/aromatic N) is 1. The van der Waals surface area contributed by atoms with Gasteiger partial charge in [0.25, 0.3) is 5.97 Å². The molecular formula is C12H25NO2. The first-order chi connectivity index (χ1) is 7.11. The smallest absolute Gasteiger partial charge is 0.300 e. The predicted octanol–water partition coefficient (Wildman–Crippen LogP) is 2.75. The van der Waals surface area contributed by atoms with E-state index in [9.17, 15) is 0 Å². The number of rotatable bonds is 4. The average Bonchev–Trinajstić information content (AvgIpc) is 2.60. The number of hydrogen-bond donors (Lipinski definition) is 1. The van der Waals surface area contributed by atoms with Crippen molar-refractivity contribution in [2.75, 3.05) is 13.1 Å². The van der Waals surface area contributed by atoms with Crippen molar-refractivity contribution in [3.8, 4) is 0 Å². The molecule has 0 aromatic heterocycles. The Kier molecular flexibility index (Phi) is 8.38. The van der Waals surface area contributed by atoms with Gasteiger partial charge in [-0.3, -0.25) is 4.79 Å². The minimum absolute atomic E-state index is 0.833. The molecule has 15 heavy (non-hydrogen) atoms. The summed E-state index contributed by atoms with van der Waals surface area (Å²) in [5, 5.41) is 7.42. The van der Waals surface area contributed by atoms with Crippen LogP contribution in [0, 0.1) is 0 Å². The minimum Gasteiger partial charge on any atom is -0.481 e. The molecule has 0 bridgehead atoms. The van der Waals surface area contributed by atoms with Gasteiger partial charge >= 0.3 is 0 Å². The number of unbranched alkanes of at least 4 members (excludes halogenated alkanes) is 1. The molecule has 1 aliphatic rings. The lowest BCUT2D eigenvalue weighted by atomic mass is 10.1. The van der Waals surface area contributed by atoms with Gasteiger partial charge in [0.15, 0.2) is 0 Å². The van der Waals surface area contributed by atoms with E-state index in [0.29, 0.717) is 0 Å². The largest absolute Gasteiger partial charge is 0.481 e. The van der Waals surface area contributed by atoms with E-state index >= 15 is 0 Å². The molecule has 1 unspecified atom stereocenters. The molecule has 0 saturated carbocycles. The van der Waals surface area contributed by atoms with Crippen molar-refractivity contribution in [2.45, 2.75) is 58.9 Å². The highest BCUT2D eigenvalue weighted by molar-refractivity contribution is 5.62. The van der Waals surface area contributed by atoms with Crippen LogP contribution in [0.15, 0.2) is 0 Å². The van der Waals surface area contributed by atoms with Crippen molar-refractivity contribution in [3.05, 3.63) is 0 Å². The highest BCUT2D eigenvalue weighted by atomic mass is 16.4. The van der Waals surface area contributed by atoms with E-state index in [-0.39, 0.29) is 0 Å². The summed E-state index contributed by atoms with van der Waals surface area (Å²) in [6, 6.07) is 0.931. The van der Waals surface area contributed by atoms with Crippen LogP contribution in [0.25, 0.3) is 0 Å². The third-order valence-corrected chi connectivity index (χ3v) is 2.80. The molecule has 1 aliphatic heterocycles. The molecule has 1 rings (SSSR count). The van der Waals surface area contributed by atoms with E-state index in [0.717, 1.165) is 13.0 Å². The normalized spacial score (nSPS) is 20.9. The Bertz CT molecular complexity index is 167. The average molecular weight is 215 g/mol. The number of likely N-dealkylation sites (tertiary alicyclic amines) is 1. The fraction of sp³-hybridized carbons (Fsp3) is 0.917. The highest BCUT2D eigenvalue weighted by Gasteiger charge is 2.21. The lowest BCUT2D eigenvalue weighted by Gasteiger charge is -2.22. The second-order valence-corrected chi connectivity index (χ2v) is 4.09. The van der Waals surface area contributed by atoms with Gasteiger partial charge in [-0.15, -0.1) is 0 Å². The third-order valence-electron chi connectivity index (χ3n) is 2.80. The molecule has 1 heterocycles. The van der Waals surface area contributed by atoms with Crippen LogP contribution in [0.4, 0.5) is 0 Å². The molecule has 0 amide bonds. The van der Waals surface area contributed by atoms with E-state index in [2.05, 4.69) is 18.7 Å². The van der Waals surface area contributed by atoms with Gasteiger partial charge in [-0.1, -0.05) is 26.7 Å². The molecule has 0 aliphatic carbocycles. The molecule has 1 N–H and O–H groups in total. The zero-order valence-electron chi connectivity index (χ0n) is 10.3. The van der Waals surface area contributed by atoms with Crippen LogP contribution in [0.2, 0.25) is 0 Å². The summed E-state index contributed by atoms with van der Waals surface area (Å²) in [5.74, 6) is -0.833. The second kappa shape index (κ2) is 8.72. The molecule has 1 saturated heterocycles. The van der Waals surface area contributed by atoms with E-state index in [1.54, 1.807) is 0 Å². The maximum atomic E-state index is 9.00. The number of carbonyl (C=O) groups is 1. The van der Waals surface area contributed by atoms with Gasteiger partial charge in [0.2, 0.25) is 0 Å². The van der Waals surface area contributed by atoms with Crippen LogP contribution < -0.4 is 0 Å². The van der Waals surface area contributed by atoms with Gasteiger partial charge in [0.05, 0.1) is 0 Å². The van der Waals surface area contributed by atoms with E-state index in [1.165, 1.54) is 45.2 Å². The summed E-state index contributed by atoms with van der Waals surface area (Å²) in [6.07, 6.45) is 7.09. The van der Waals surface area contributed by atoms with Gasteiger partial charge in [-0.25, -0.2) is 0 Å². The zero-order valence-corrected chi connectivity index (χ0v) is 10.3. The van der Waals surface area contributed by atoms with Crippen LogP contribution in [0.5, 0.6) is 0 Å². The van der Waals surface area contributed by atoms with Crippen LogP contribution in [-0.4, -0.2) is 35.1 Å². The Morgan fingerprint density at radius 3 is 2.53 bits per heavy atom. The fourth-order valence-corrected chi connectivity index (χ4v) is 2.08. The van der Waals surface area contributed by atoms with Crippen LogP contribution in [-0.2, 0) is 4.79 Å². The molecule has 3 nitrogen and oxygen atoms in total. The minimum atomic E-state index is -0.833. The predicted molar refractivity (Wildman–Crippen MR) is 63.1 cm³/mol. The molecule has 3 heteroatoms. The maximum Gasteiger partial charge on any atom is 0.300 e. The van der Waals surface area contributed by atoms with Crippen molar-refractivity contribution < 1.29 is 9.90 Å². The molecule has 0 aromatic carbocycles. The molecular weight excluding hydrogens is 190 g/mol. The number of carboxylic acids is 1. The highest BCUT2D eigenvalue weighted by Crippen LogP contribution is 2.20. The molecule has 0 spiro atoms. The second-order valence-electron chi connectivity index (χ2n) is 4.09. The van der Waals surface area contributed by atoms with Gasteiger partial charge in [-0.05, 0) is 32.4 Å². The lowest BCUT2D eigenvalue weighted by molar-refractivity contribution is -0.134. The summed E-state index contributed by atoms with van der Waals surface area (Å²) in [6.45, 7) is 8.26. The molecule has 0 radical (unpaired) electrons. The Morgan fingerprint density at radius 1 is 1.47 bits per heavy atom. The first kappa shape index (κ1) is 14.4. The van der Waals surface area contributed by atoms with E-state index in [4.69, 9.17) is 9.90 Å². The molecule has 1 atom stereocenters. The standard InChI is InChI=1S/C10H21N.C2H4O2/c1-3-5-7-10-8-6-9-11(10)4-2;1-2(3)4/h10H,3-9H2,1-2H3;1H3,(H,3,4). The topological polar surface area (TPSA) is 40.5 Å². The summed E-state index contributed by atoms with van der Waals surface area (Å²) in [4.78, 5) is 11.6. The SMILES string of the molecule is CC(=O)O.CCCCC1CCCN1CC. The van der Waals surface area contributed by atoms with Crippen LogP contribution in [0.3, 0.4) is 0 Å². The Morgan fingerprint density at radius 2 is 2.07 bits per heavy atom. The Balaban J connectivity index is 0.000000423. The maximum absolute atomic E-state index is 9.00. The lowest BCUT2D eigenvalue weighted by Crippen LogP contribution is -2.28. The van der Waals surface area contributed by atoms with Crippen molar-refractivity contribution in [2.24, 2.45) is 0 Å². The summed E-state index contributed by atoms with van der Waals surface area (Å²) in [7, 11) is 0. The van der Waals surface area contributed by atoms with Gasteiger partial charge in [-0.2, -0.15) is 0 Å². The summed E-state index contributed by atoms with van der Waals surface area (Å²) < 4.78 is 0. The first-order valence-corrected chi connectivity index (χ1v) is 6.05. The van der Waals surface area contributed by atoms with Gasteiger partial charge in [0, 0.05) is 13.0 Å². The van der Waals surface area contributed by atoms with Gasteiger partial charge < -0.3 is 10.0 Å². The monoisotopic (exact) mass is 215 g/mol.